The minimum atomic E-state index is -1.80. The quantitative estimate of drug-likeness (QED) is 0.0354. The molecule has 0 N–H and O–H groups in total. The summed E-state index contributed by atoms with van der Waals surface area (Å²) in [4.78, 5) is 0. The molecule has 0 radical (unpaired) electrons. The molecule has 0 unspecified atom stereocenters. The first-order valence-corrected chi connectivity index (χ1v) is 97.2. The summed E-state index contributed by atoms with van der Waals surface area (Å²) < 4.78 is 8.99. The van der Waals surface area contributed by atoms with Gasteiger partial charge in [-0.25, -0.2) is 0 Å². The summed E-state index contributed by atoms with van der Waals surface area (Å²) in [6.45, 7) is 68.1. The first kappa shape index (κ1) is 159. The highest BCUT2D eigenvalue weighted by molar-refractivity contribution is 6.85. The van der Waals surface area contributed by atoms with Crippen LogP contribution < -0.4 is 192 Å². The number of hydrogen-bond acceptors (Lipinski definition) is 0. The first-order chi connectivity index (χ1) is 56.1. The van der Waals surface area contributed by atoms with Crippen LogP contribution in [0.3, 0.4) is 0 Å². The van der Waals surface area contributed by atoms with Crippen molar-refractivity contribution in [2.75, 3.05) is 222 Å². The van der Waals surface area contributed by atoms with Gasteiger partial charge >= 0.3 is 0 Å². The van der Waals surface area contributed by atoms with Crippen molar-refractivity contribution >= 4 is 105 Å². The molecule has 29 heteroatoms. The predicted octanol–water partition coefficient (Wildman–Crippen LogP) is 6.90. The highest BCUT2D eigenvalue weighted by atomic mass is 127. The van der Waals surface area contributed by atoms with Crippen molar-refractivity contribution in [3.05, 3.63) is 0 Å². The van der Waals surface area contributed by atoms with Gasteiger partial charge in [-0.05, 0) is 51.4 Å². The average molecular weight is 3000 g/mol. The lowest BCUT2D eigenvalue weighted by Crippen LogP contribution is -3.00. The number of rotatable bonds is 80. The van der Waals surface area contributed by atoms with Crippen molar-refractivity contribution < 1.29 is 228 Å². The van der Waals surface area contributed by atoms with E-state index < -0.39 is 105 Å². The molecule has 0 aromatic rings. The first-order valence-electron chi connectivity index (χ1n) is 54.6. The van der Waals surface area contributed by atoms with Gasteiger partial charge in [-0.15, -0.1) is 0 Å². The zero-order chi connectivity index (χ0) is 96.9. The Hall–Kier alpha value is 8.34. The van der Waals surface area contributed by atoms with E-state index in [0.717, 1.165) is 35.9 Å². The van der Waals surface area contributed by atoms with Crippen molar-refractivity contribution in [1.82, 2.24) is 0 Å². The molecule has 816 valence electrons. The van der Waals surface area contributed by atoms with E-state index in [4.69, 9.17) is 0 Å². The third-order valence-corrected chi connectivity index (χ3v) is 84.2. The van der Waals surface area contributed by atoms with Gasteiger partial charge in [-0.2, -0.15) is 0 Å². The van der Waals surface area contributed by atoms with E-state index >= 15 is 0 Å². The summed E-state index contributed by atoms with van der Waals surface area (Å²) >= 11 is 0. The summed E-state index contributed by atoms with van der Waals surface area (Å²) in [5.41, 5.74) is 0. The number of hydrogen-bond donors (Lipinski definition) is 0. The Balaban J connectivity index is -0.00000275. The molecule has 133 heavy (non-hydrogen) atoms. The van der Waals surface area contributed by atoms with Crippen molar-refractivity contribution in [2.24, 2.45) is 0 Å². The van der Waals surface area contributed by atoms with Gasteiger partial charge in [-0.3, -0.25) is 0 Å². The van der Waals surface area contributed by atoms with E-state index in [-0.39, 0.29) is 192 Å². The van der Waals surface area contributed by atoms with E-state index in [1.165, 1.54) is 152 Å². The van der Waals surface area contributed by atoms with E-state index in [9.17, 15) is 0 Å². The topological polar surface area (TPSA) is 0 Å². The molecule has 0 fully saturated rings. The summed E-state index contributed by atoms with van der Waals surface area (Å²) in [6, 6.07) is 51.4. The lowest BCUT2D eigenvalue weighted by molar-refractivity contribution is -0.870. The molecular formula is C104H252I8N8Si13. The van der Waals surface area contributed by atoms with Crippen LogP contribution in [0, 0.1) is 0 Å². The van der Waals surface area contributed by atoms with Crippen molar-refractivity contribution in [1.29, 1.82) is 0 Å². The standard InChI is InChI=1S/C104H252N8Si13.8HI/c1-105(2,3)65-45-73-113(25,26)81-53-89-121(41,90-54-82-114(27,28)74-46-66-106(4,5)6)97-61-101-125(102-62-98-122(42,91-55-83-115(29,30)75-47-67-107(7,8)9)92-56-84-116(31,32)76-48-68-108(10,11)12,103-63-99-123(43,93-57-85-117(33,34)77-49-69-109(13,14)15)94-58-86-118(35,36)78-50-70-110(16,17)18)104-64-100-124(44,95-59-87-119(37,38)79-51-71-111(19,20)21)96-60-88-120(39,40)80-52-72-112(22,23)24;;;;;;;;/h45-104H2,1-44H3;8*1H/q+8;;;;;;;;/p-8. The largest absolute Gasteiger partial charge is 1.00 e. The second-order valence-corrected chi connectivity index (χ2v) is 129. The molecule has 0 aliphatic rings. The van der Waals surface area contributed by atoms with Gasteiger partial charge < -0.3 is 228 Å². The predicted molar refractivity (Wildman–Crippen MR) is 621 cm³/mol. The molecule has 0 bridgehead atoms. The maximum atomic E-state index is 3.07. The average Bonchev–Trinajstić information content (AvgIpc) is 0.832. The molecule has 0 aliphatic heterocycles. The van der Waals surface area contributed by atoms with Gasteiger partial charge in [-0.1, -0.05) is 401 Å². The SMILES string of the molecule is C[N+](C)(C)CCC[Si](C)(C)CCC[Si](C)(CCC[Si](C)(C)CCC[N+](C)(C)C)CCC[Si](CCC[Si](C)(CCC[Si](C)(C)CCC[N+](C)(C)C)CCC[Si](C)(C)CCC[N+](C)(C)C)(CCC[Si](C)(CCC[Si](C)(C)CCC[N+](C)(C)C)CCC[Si](C)(C)CCC[N+](C)(C)C)CCC[Si](C)(CCC[Si](C)(C)CCC[N+](C)(C)C)CCC[Si](C)(C)CCC[N+](C)(C)C.[I-].[I-].[I-].[I-].[I-].[I-].[I-].[I-]. The molecule has 0 rings (SSSR count). The van der Waals surface area contributed by atoms with E-state index in [2.05, 4.69) is 300 Å². The highest BCUT2D eigenvalue weighted by Crippen LogP contribution is 2.45. The van der Waals surface area contributed by atoms with Gasteiger partial charge in [0.05, 0.1) is 262 Å². The normalized spacial score (nSPS) is 14.0. The number of halogens is 8. The van der Waals surface area contributed by atoms with Crippen LogP contribution >= 0.6 is 0 Å². The fourth-order valence-corrected chi connectivity index (χ4v) is 67.8. The maximum Gasteiger partial charge on any atom is 0.0777 e. The lowest BCUT2D eigenvalue weighted by Gasteiger charge is -2.39. The summed E-state index contributed by atoms with van der Waals surface area (Å²) in [5, 5.41) is 0. The Labute approximate surface area is 993 Å². The fraction of sp³-hybridized carbons (Fsp3) is 1.00. The molecule has 0 aliphatic carbocycles. The van der Waals surface area contributed by atoms with Crippen molar-refractivity contribution in [3.8, 4) is 0 Å². The molecule has 0 amide bonds. The third-order valence-electron chi connectivity index (χ3n) is 32.5. The third kappa shape index (κ3) is 94.8. The molecule has 0 heterocycles. The van der Waals surface area contributed by atoms with Crippen LogP contribution in [0.1, 0.15) is 128 Å². The smallest absolute Gasteiger partial charge is 0.0777 e. The minimum absolute atomic E-state index is 0. The Morgan fingerprint density at radius 2 is 0.180 bits per heavy atom. The van der Waals surface area contributed by atoms with Crippen LogP contribution in [0.5, 0.6) is 0 Å². The van der Waals surface area contributed by atoms with Gasteiger partial charge in [0.15, 0.2) is 0 Å². The molecule has 8 nitrogen and oxygen atoms in total. The second-order valence-electron chi connectivity index (χ2n) is 61.2. The van der Waals surface area contributed by atoms with Gasteiger partial charge in [0, 0.05) is 64.6 Å². The zero-order valence-corrected chi connectivity index (χ0v) is 130. The van der Waals surface area contributed by atoms with Crippen LogP contribution in [0.15, 0.2) is 0 Å². The van der Waals surface area contributed by atoms with Crippen LogP contribution in [0.2, 0.25) is 324 Å². The van der Waals surface area contributed by atoms with Gasteiger partial charge in [0.2, 0.25) is 0 Å². The van der Waals surface area contributed by atoms with E-state index in [1.54, 1.807) is 222 Å². The maximum absolute atomic E-state index is 3.07. The van der Waals surface area contributed by atoms with E-state index in [0.29, 0.717) is 0 Å². The molecule has 0 aromatic carbocycles. The molecule has 0 atom stereocenters. The summed E-state index contributed by atoms with van der Waals surface area (Å²) in [6.07, 6.45) is 30.3. The minimum Gasteiger partial charge on any atom is -1.00 e. The van der Waals surface area contributed by atoms with E-state index in [1.807, 2.05) is 0 Å². The van der Waals surface area contributed by atoms with Crippen LogP contribution in [0.25, 0.3) is 0 Å². The van der Waals surface area contributed by atoms with Crippen molar-refractivity contribution in [2.45, 2.75) is 453 Å². The Morgan fingerprint density at radius 1 is 0.105 bits per heavy atom. The molecular weight excluding hydrogens is 2740 g/mol. The number of nitrogens with zero attached hydrogens (tertiary/aromatic N) is 8. The van der Waals surface area contributed by atoms with Gasteiger partial charge in [0.1, 0.15) is 0 Å². The van der Waals surface area contributed by atoms with Crippen molar-refractivity contribution in [3.63, 3.8) is 0 Å². The Bertz CT molecular complexity index is 2310. The lowest BCUT2D eigenvalue weighted by atomic mass is 10.4. The highest BCUT2D eigenvalue weighted by Gasteiger charge is 2.41. The fourth-order valence-electron chi connectivity index (χ4n) is 23.0. The van der Waals surface area contributed by atoms with Crippen LogP contribution in [-0.4, -0.2) is 362 Å². The van der Waals surface area contributed by atoms with Gasteiger partial charge in [0.25, 0.3) is 0 Å². The van der Waals surface area contributed by atoms with Crippen LogP contribution in [-0.2, 0) is 0 Å². The molecule has 0 spiro atoms. The van der Waals surface area contributed by atoms with Crippen LogP contribution in [0.4, 0.5) is 0 Å². The number of quaternary nitrogens is 8. The summed E-state index contributed by atoms with van der Waals surface area (Å²) in [5.74, 6) is 0. The Morgan fingerprint density at radius 3 is 0.263 bits per heavy atom. The second kappa shape index (κ2) is 72.1. The Kier molecular flexibility index (Phi) is 86.2. The molecule has 0 aromatic heterocycles. The zero-order valence-electron chi connectivity index (χ0n) is 99.5. The monoisotopic (exact) mass is 2990 g/mol. The molecule has 0 saturated carbocycles. The molecule has 0 saturated heterocycles. The summed E-state index contributed by atoms with van der Waals surface area (Å²) in [7, 11) is 40.2.